The van der Waals surface area contributed by atoms with Gasteiger partial charge < -0.3 is 10.6 Å². The van der Waals surface area contributed by atoms with Gasteiger partial charge >= 0.3 is 0 Å². The molecular weight excluding hydrogens is 210 g/mol. The number of hydrogen-bond donors (Lipinski definition) is 1. The van der Waals surface area contributed by atoms with Crippen LogP contribution in [0.4, 0.5) is 5.82 Å². The molecule has 2 rings (SSSR count). The zero-order valence-electron chi connectivity index (χ0n) is 10.9. The molecule has 2 N–H and O–H groups in total. The van der Waals surface area contributed by atoms with Crippen LogP contribution < -0.4 is 10.6 Å². The second-order valence-electron chi connectivity index (χ2n) is 5.08. The standard InChI is InChI=1S/C14H23N3/c1-3-12-6-8-17(9-7-12)14-5-4-13(10-16-14)11(2)15/h4-5,10-12H,3,6-9,15H2,1-2H3. The Morgan fingerprint density at radius 3 is 2.59 bits per heavy atom. The predicted octanol–water partition coefficient (Wildman–Crippen LogP) is 2.73. The van der Waals surface area contributed by atoms with E-state index in [4.69, 9.17) is 5.73 Å². The lowest BCUT2D eigenvalue weighted by Crippen LogP contribution is -2.34. The van der Waals surface area contributed by atoms with Gasteiger partial charge in [-0.15, -0.1) is 0 Å². The molecule has 94 valence electrons. The second-order valence-corrected chi connectivity index (χ2v) is 5.08. The molecule has 1 aliphatic rings. The average Bonchev–Trinajstić information content (AvgIpc) is 2.39. The van der Waals surface area contributed by atoms with E-state index in [1.165, 1.54) is 19.3 Å². The summed E-state index contributed by atoms with van der Waals surface area (Å²) in [6.45, 7) is 6.56. The van der Waals surface area contributed by atoms with Crippen LogP contribution in [-0.2, 0) is 0 Å². The maximum atomic E-state index is 5.82. The van der Waals surface area contributed by atoms with Gasteiger partial charge in [0.25, 0.3) is 0 Å². The van der Waals surface area contributed by atoms with Crippen molar-refractivity contribution in [2.75, 3.05) is 18.0 Å². The van der Waals surface area contributed by atoms with Gasteiger partial charge in [-0.05, 0) is 37.3 Å². The summed E-state index contributed by atoms with van der Waals surface area (Å²) in [6, 6.07) is 4.27. The molecule has 0 spiro atoms. The third-order valence-corrected chi connectivity index (χ3v) is 3.81. The SMILES string of the molecule is CCC1CCN(c2ccc(C(C)N)cn2)CC1. The van der Waals surface area contributed by atoms with Gasteiger partial charge in [-0.25, -0.2) is 4.98 Å². The molecule has 0 amide bonds. The molecule has 0 radical (unpaired) electrons. The zero-order chi connectivity index (χ0) is 12.3. The lowest BCUT2D eigenvalue weighted by Gasteiger charge is -2.32. The Morgan fingerprint density at radius 2 is 2.12 bits per heavy atom. The van der Waals surface area contributed by atoms with Gasteiger partial charge in [0.1, 0.15) is 5.82 Å². The molecule has 1 unspecified atom stereocenters. The van der Waals surface area contributed by atoms with Crippen LogP contribution in [0, 0.1) is 5.92 Å². The topological polar surface area (TPSA) is 42.1 Å². The highest BCUT2D eigenvalue weighted by Gasteiger charge is 2.18. The quantitative estimate of drug-likeness (QED) is 0.873. The third-order valence-electron chi connectivity index (χ3n) is 3.81. The van der Waals surface area contributed by atoms with Gasteiger partial charge in [-0.1, -0.05) is 19.4 Å². The second kappa shape index (κ2) is 5.50. The largest absolute Gasteiger partial charge is 0.357 e. The van der Waals surface area contributed by atoms with E-state index >= 15 is 0 Å². The van der Waals surface area contributed by atoms with Crippen LogP contribution in [0.25, 0.3) is 0 Å². The molecule has 0 aliphatic carbocycles. The Labute approximate surface area is 104 Å². The minimum Gasteiger partial charge on any atom is -0.357 e. The monoisotopic (exact) mass is 233 g/mol. The first-order valence-electron chi connectivity index (χ1n) is 6.67. The van der Waals surface area contributed by atoms with E-state index in [-0.39, 0.29) is 6.04 Å². The average molecular weight is 233 g/mol. The molecule has 1 fully saturated rings. The van der Waals surface area contributed by atoms with Gasteiger partial charge in [0.2, 0.25) is 0 Å². The summed E-state index contributed by atoms with van der Waals surface area (Å²) in [7, 11) is 0. The van der Waals surface area contributed by atoms with Crippen molar-refractivity contribution in [2.24, 2.45) is 11.7 Å². The van der Waals surface area contributed by atoms with Gasteiger partial charge in [0.05, 0.1) is 0 Å². The summed E-state index contributed by atoms with van der Waals surface area (Å²) >= 11 is 0. The Kier molecular flexibility index (Phi) is 4.00. The maximum Gasteiger partial charge on any atom is 0.128 e. The van der Waals surface area contributed by atoms with Crippen molar-refractivity contribution in [2.45, 2.75) is 39.2 Å². The smallest absolute Gasteiger partial charge is 0.128 e. The lowest BCUT2D eigenvalue weighted by molar-refractivity contribution is 0.393. The zero-order valence-corrected chi connectivity index (χ0v) is 10.9. The highest BCUT2D eigenvalue weighted by atomic mass is 15.2. The molecule has 1 aromatic rings. The van der Waals surface area contributed by atoms with Gasteiger partial charge in [0.15, 0.2) is 0 Å². The summed E-state index contributed by atoms with van der Waals surface area (Å²) in [6.07, 6.45) is 5.82. The van der Waals surface area contributed by atoms with Crippen LogP contribution in [0.1, 0.15) is 44.7 Å². The third kappa shape index (κ3) is 2.97. The maximum absolute atomic E-state index is 5.82. The predicted molar refractivity (Wildman–Crippen MR) is 72.1 cm³/mol. The van der Waals surface area contributed by atoms with E-state index in [0.717, 1.165) is 30.4 Å². The van der Waals surface area contributed by atoms with Gasteiger partial charge in [-0.2, -0.15) is 0 Å². The summed E-state index contributed by atoms with van der Waals surface area (Å²) in [5.41, 5.74) is 6.93. The van der Waals surface area contributed by atoms with Crippen molar-refractivity contribution in [3.8, 4) is 0 Å². The van der Waals surface area contributed by atoms with Crippen molar-refractivity contribution in [3.63, 3.8) is 0 Å². The van der Waals surface area contributed by atoms with Crippen LogP contribution in [-0.4, -0.2) is 18.1 Å². The Balaban J connectivity index is 1.99. The van der Waals surface area contributed by atoms with Crippen LogP contribution in [0.15, 0.2) is 18.3 Å². The first-order chi connectivity index (χ1) is 8.20. The van der Waals surface area contributed by atoms with Crippen LogP contribution in [0.2, 0.25) is 0 Å². The summed E-state index contributed by atoms with van der Waals surface area (Å²) < 4.78 is 0. The molecule has 0 bridgehead atoms. The number of hydrogen-bond acceptors (Lipinski definition) is 3. The molecule has 1 atom stereocenters. The fourth-order valence-electron chi connectivity index (χ4n) is 2.42. The van der Waals surface area contributed by atoms with E-state index in [1.54, 1.807) is 0 Å². The van der Waals surface area contributed by atoms with Crippen molar-refractivity contribution in [1.29, 1.82) is 0 Å². The highest BCUT2D eigenvalue weighted by Crippen LogP contribution is 2.24. The molecule has 1 aromatic heterocycles. The van der Waals surface area contributed by atoms with E-state index in [0.29, 0.717) is 0 Å². The molecule has 3 nitrogen and oxygen atoms in total. The van der Waals surface area contributed by atoms with Crippen molar-refractivity contribution < 1.29 is 0 Å². The minimum absolute atomic E-state index is 0.0716. The molecular formula is C14H23N3. The lowest BCUT2D eigenvalue weighted by atomic mass is 9.94. The van der Waals surface area contributed by atoms with Gasteiger partial charge in [-0.3, -0.25) is 0 Å². The molecule has 0 aromatic carbocycles. The van der Waals surface area contributed by atoms with Crippen molar-refractivity contribution in [3.05, 3.63) is 23.9 Å². The minimum atomic E-state index is 0.0716. The summed E-state index contributed by atoms with van der Waals surface area (Å²) in [5.74, 6) is 2.01. The first-order valence-corrected chi connectivity index (χ1v) is 6.67. The van der Waals surface area contributed by atoms with Crippen LogP contribution >= 0.6 is 0 Å². The molecule has 2 heterocycles. The number of pyridine rings is 1. The highest BCUT2D eigenvalue weighted by molar-refractivity contribution is 5.40. The summed E-state index contributed by atoms with van der Waals surface area (Å²) in [4.78, 5) is 6.91. The number of rotatable bonds is 3. The number of aromatic nitrogens is 1. The van der Waals surface area contributed by atoms with Crippen LogP contribution in [0.5, 0.6) is 0 Å². The number of nitrogens with zero attached hydrogens (tertiary/aromatic N) is 2. The normalized spacial score (nSPS) is 19.4. The molecule has 1 aliphatic heterocycles. The molecule has 1 saturated heterocycles. The van der Waals surface area contributed by atoms with Crippen molar-refractivity contribution >= 4 is 5.82 Å². The first kappa shape index (κ1) is 12.4. The van der Waals surface area contributed by atoms with Crippen molar-refractivity contribution in [1.82, 2.24) is 4.98 Å². The number of anilines is 1. The fourth-order valence-corrected chi connectivity index (χ4v) is 2.42. The fraction of sp³-hybridized carbons (Fsp3) is 0.643. The Hall–Kier alpha value is -1.09. The van der Waals surface area contributed by atoms with E-state index in [2.05, 4.69) is 28.9 Å². The number of piperidine rings is 1. The Bertz CT molecular complexity index is 337. The molecule has 0 saturated carbocycles. The van der Waals surface area contributed by atoms with E-state index < -0.39 is 0 Å². The van der Waals surface area contributed by atoms with E-state index in [1.807, 2.05) is 13.1 Å². The van der Waals surface area contributed by atoms with Gasteiger partial charge in [0, 0.05) is 25.3 Å². The number of nitrogens with two attached hydrogens (primary N) is 1. The Morgan fingerprint density at radius 1 is 1.41 bits per heavy atom. The van der Waals surface area contributed by atoms with Crippen LogP contribution in [0.3, 0.4) is 0 Å². The molecule has 17 heavy (non-hydrogen) atoms. The molecule has 3 heteroatoms. The van der Waals surface area contributed by atoms with E-state index in [9.17, 15) is 0 Å². The summed E-state index contributed by atoms with van der Waals surface area (Å²) in [5, 5.41) is 0.